The molecule has 19 heavy (non-hydrogen) atoms. The van der Waals surface area contributed by atoms with Crippen molar-refractivity contribution in [3.63, 3.8) is 0 Å². The molecule has 0 fully saturated rings. The predicted molar refractivity (Wildman–Crippen MR) is 64.6 cm³/mol. The largest absolute Gasteiger partial charge is 0.471 e. The maximum Gasteiger partial charge on any atom is 0.249 e. The fourth-order valence-corrected chi connectivity index (χ4v) is 1.57. The van der Waals surface area contributed by atoms with E-state index in [1.807, 2.05) is 0 Å². The van der Waals surface area contributed by atoms with E-state index >= 15 is 0 Å². The lowest BCUT2D eigenvalue weighted by Gasteiger charge is -2.05. The van der Waals surface area contributed by atoms with Crippen LogP contribution in [0.2, 0.25) is 0 Å². The molecule has 3 rings (SSSR count). The molecular formula is C11H9FN6O. The predicted octanol–water partition coefficient (Wildman–Crippen LogP) is 1.05. The van der Waals surface area contributed by atoms with Crippen LogP contribution in [0.4, 0.5) is 10.3 Å². The second-order valence-corrected chi connectivity index (χ2v) is 3.80. The first kappa shape index (κ1) is 11.3. The highest BCUT2D eigenvalue weighted by Gasteiger charge is 2.11. The minimum absolute atomic E-state index is 0.0514. The van der Waals surface area contributed by atoms with Crippen molar-refractivity contribution < 1.29 is 9.13 Å². The molecule has 0 bridgehead atoms. The van der Waals surface area contributed by atoms with Crippen molar-refractivity contribution in [1.82, 2.24) is 25.4 Å². The molecule has 0 aliphatic carbocycles. The molecule has 0 aliphatic rings. The fourth-order valence-electron chi connectivity index (χ4n) is 1.57. The Morgan fingerprint density at radius 1 is 1.16 bits per heavy atom. The highest BCUT2D eigenvalue weighted by Crippen LogP contribution is 2.20. The molecule has 0 saturated carbocycles. The Hall–Kier alpha value is -2.77. The third-order valence-electron chi connectivity index (χ3n) is 2.46. The van der Waals surface area contributed by atoms with E-state index in [0.29, 0.717) is 11.2 Å². The lowest BCUT2D eigenvalue weighted by atomic mass is 10.2. The summed E-state index contributed by atoms with van der Waals surface area (Å²) in [5.41, 5.74) is 7.07. The van der Waals surface area contributed by atoms with Gasteiger partial charge in [-0.25, -0.2) is 4.39 Å². The van der Waals surface area contributed by atoms with E-state index in [9.17, 15) is 4.39 Å². The van der Waals surface area contributed by atoms with E-state index < -0.39 is 0 Å². The number of nitrogens with zero attached hydrogens (tertiary/aromatic N) is 4. The number of H-pyrrole nitrogens is 1. The second-order valence-electron chi connectivity index (χ2n) is 3.80. The van der Waals surface area contributed by atoms with E-state index in [2.05, 4.69) is 25.4 Å². The molecule has 0 amide bonds. The normalized spacial score (nSPS) is 10.8. The lowest BCUT2D eigenvalue weighted by Crippen LogP contribution is -2.02. The average Bonchev–Trinajstić information content (AvgIpc) is 2.85. The Morgan fingerprint density at radius 3 is 2.74 bits per heavy atom. The average molecular weight is 260 g/mol. The van der Waals surface area contributed by atoms with Gasteiger partial charge in [-0.15, -0.1) is 10.2 Å². The summed E-state index contributed by atoms with van der Waals surface area (Å²) in [7, 11) is 0. The van der Waals surface area contributed by atoms with Gasteiger partial charge in [-0.2, -0.15) is 15.2 Å². The molecule has 3 N–H and O–H groups in total. The van der Waals surface area contributed by atoms with Crippen LogP contribution in [0, 0.1) is 5.82 Å². The Balaban J connectivity index is 1.85. The number of halogens is 1. The van der Waals surface area contributed by atoms with Gasteiger partial charge in [0.1, 0.15) is 12.4 Å². The second kappa shape index (κ2) is 4.48. The first-order chi connectivity index (χ1) is 9.22. The molecule has 3 aromatic rings. The Kier molecular flexibility index (Phi) is 2.67. The SMILES string of the molecule is Nc1nc(OCc2ccc(F)cc2)c2n[nH]nc2n1. The highest BCUT2D eigenvalue weighted by molar-refractivity contribution is 5.75. The number of nitrogen functional groups attached to an aromatic ring is 1. The topological polar surface area (TPSA) is 103 Å². The number of nitrogens with two attached hydrogens (primary N) is 1. The number of nitrogens with one attached hydrogen (secondary N) is 1. The van der Waals surface area contributed by atoms with E-state index in [4.69, 9.17) is 10.5 Å². The first-order valence-electron chi connectivity index (χ1n) is 5.43. The van der Waals surface area contributed by atoms with Gasteiger partial charge in [0.05, 0.1) is 0 Å². The van der Waals surface area contributed by atoms with Crippen molar-refractivity contribution in [3.05, 3.63) is 35.6 Å². The summed E-state index contributed by atoms with van der Waals surface area (Å²) in [5, 5.41) is 10.1. The molecule has 0 spiro atoms. The van der Waals surface area contributed by atoms with Gasteiger partial charge in [-0.05, 0) is 17.7 Å². The first-order valence-corrected chi connectivity index (χ1v) is 5.43. The minimum atomic E-state index is -0.297. The number of aromatic amines is 1. The maximum atomic E-state index is 12.8. The Labute approximate surface area is 106 Å². The van der Waals surface area contributed by atoms with Gasteiger partial charge in [0.25, 0.3) is 0 Å². The molecule has 0 unspecified atom stereocenters. The molecule has 2 aromatic heterocycles. The molecular weight excluding hydrogens is 251 g/mol. The summed E-state index contributed by atoms with van der Waals surface area (Å²) in [6, 6.07) is 5.97. The third kappa shape index (κ3) is 2.28. The van der Waals surface area contributed by atoms with Crippen LogP contribution in [0.5, 0.6) is 5.88 Å². The number of aromatic nitrogens is 5. The lowest BCUT2D eigenvalue weighted by molar-refractivity contribution is 0.297. The van der Waals surface area contributed by atoms with Crippen molar-refractivity contribution in [2.45, 2.75) is 6.61 Å². The molecule has 2 heterocycles. The maximum absolute atomic E-state index is 12.8. The van der Waals surface area contributed by atoms with Gasteiger partial charge < -0.3 is 10.5 Å². The molecule has 1 aromatic carbocycles. The number of benzene rings is 1. The van der Waals surface area contributed by atoms with Gasteiger partial charge in [0, 0.05) is 0 Å². The summed E-state index contributed by atoms with van der Waals surface area (Å²) in [5.74, 6) is -0.00926. The van der Waals surface area contributed by atoms with Crippen LogP contribution in [0.15, 0.2) is 24.3 Å². The van der Waals surface area contributed by atoms with Crippen LogP contribution in [0.25, 0.3) is 11.2 Å². The third-order valence-corrected chi connectivity index (χ3v) is 2.46. The fraction of sp³-hybridized carbons (Fsp3) is 0.0909. The number of hydrogen-bond acceptors (Lipinski definition) is 6. The summed E-state index contributed by atoms with van der Waals surface area (Å²) in [6.07, 6.45) is 0. The van der Waals surface area contributed by atoms with Crippen molar-refractivity contribution in [1.29, 1.82) is 0 Å². The monoisotopic (exact) mass is 260 g/mol. The standard InChI is InChI=1S/C11H9FN6O/c12-7-3-1-6(2-4-7)5-19-10-8-9(17-18-16-8)14-11(13)15-10/h1-4H,5H2,(H3,13,14,15,16,17,18). The molecule has 0 radical (unpaired) electrons. The van der Waals surface area contributed by atoms with E-state index in [0.717, 1.165) is 5.56 Å². The van der Waals surface area contributed by atoms with Crippen LogP contribution in [-0.4, -0.2) is 25.4 Å². The van der Waals surface area contributed by atoms with Gasteiger partial charge in [0.15, 0.2) is 5.52 Å². The summed E-state index contributed by atoms with van der Waals surface area (Å²) in [6.45, 7) is 0.221. The smallest absolute Gasteiger partial charge is 0.249 e. The Bertz CT molecular complexity index is 711. The Morgan fingerprint density at radius 2 is 1.95 bits per heavy atom. The molecule has 0 aliphatic heterocycles. The molecule has 96 valence electrons. The minimum Gasteiger partial charge on any atom is -0.471 e. The van der Waals surface area contributed by atoms with Gasteiger partial charge >= 0.3 is 0 Å². The zero-order chi connectivity index (χ0) is 13.2. The number of anilines is 1. The van der Waals surface area contributed by atoms with Gasteiger partial charge in [-0.1, -0.05) is 12.1 Å². The number of hydrogen-bond donors (Lipinski definition) is 2. The molecule has 8 heteroatoms. The zero-order valence-electron chi connectivity index (χ0n) is 9.67. The van der Waals surface area contributed by atoms with Gasteiger partial charge in [-0.3, -0.25) is 0 Å². The number of rotatable bonds is 3. The van der Waals surface area contributed by atoms with Crippen LogP contribution >= 0.6 is 0 Å². The highest BCUT2D eigenvalue weighted by atomic mass is 19.1. The molecule has 0 saturated heterocycles. The number of fused-ring (bicyclic) bond motifs is 1. The summed E-state index contributed by atoms with van der Waals surface area (Å²) >= 11 is 0. The van der Waals surface area contributed by atoms with Crippen LogP contribution < -0.4 is 10.5 Å². The van der Waals surface area contributed by atoms with Crippen molar-refractivity contribution in [3.8, 4) is 5.88 Å². The molecule has 0 atom stereocenters. The number of ether oxygens (including phenoxy) is 1. The van der Waals surface area contributed by atoms with Crippen molar-refractivity contribution in [2.24, 2.45) is 0 Å². The van der Waals surface area contributed by atoms with Crippen LogP contribution in [-0.2, 0) is 6.61 Å². The van der Waals surface area contributed by atoms with Crippen LogP contribution in [0.1, 0.15) is 5.56 Å². The van der Waals surface area contributed by atoms with E-state index in [-0.39, 0.29) is 24.3 Å². The quantitative estimate of drug-likeness (QED) is 0.729. The summed E-state index contributed by atoms with van der Waals surface area (Å²) < 4.78 is 18.3. The summed E-state index contributed by atoms with van der Waals surface area (Å²) in [4.78, 5) is 7.85. The van der Waals surface area contributed by atoms with Gasteiger partial charge in [0.2, 0.25) is 17.5 Å². The van der Waals surface area contributed by atoms with E-state index in [1.54, 1.807) is 12.1 Å². The van der Waals surface area contributed by atoms with Crippen molar-refractivity contribution >= 4 is 17.1 Å². The van der Waals surface area contributed by atoms with E-state index in [1.165, 1.54) is 12.1 Å². The molecule has 7 nitrogen and oxygen atoms in total. The zero-order valence-corrected chi connectivity index (χ0v) is 9.67. The van der Waals surface area contributed by atoms with Crippen LogP contribution in [0.3, 0.4) is 0 Å². The van der Waals surface area contributed by atoms with Crippen molar-refractivity contribution in [2.75, 3.05) is 5.73 Å².